The average Bonchev–Trinajstić information content (AvgIpc) is 3.03. The lowest BCUT2D eigenvalue weighted by Gasteiger charge is -1.78. The van der Waals surface area contributed by atoms with Gasteiger partial charge in [-0.3, -0.25) is 4.79 Å². The molecule has 0 fully saturated rings. The molecule has 0 bridgehead atoms. The molecule has 0 atom stereocenters. The van der Waals surface area contributed by atoms with Crippen LogP contribution in [0.25, 0.3) is 11.0 Å². The van der Waals surface area contributed by atoms with Crippen molar-refractivity contribution >= 4 is 17.0 Å². The van der Waals surface area contributed by atoms with Crippen molar-refractivity contribution in [1.82, 2.24) is 25.4 Å². The standard InChI is InChI=1S/C6H5N3.C3H4N2.C2H4O2/c1-2-4-6-5(3-1)7-9-8-6;1-2-5-3-4-1;1-2(3)4/h1-4H,(H,7,8,9);1-3H,(H,4,5);1H3,(H,3,4). The SMILES string of the molecule is CC(=O)O.c1c[nH]cn1.c1ccc2n[nH]nc2c1. The molecule has 0 unspecified atom stereocenters. The number of aromatic amines is 2. The number of imidazole rings is 1. The molecule has 0 radical (unpaired) electrons. The summed E-state index contributed by atoms with van der Waals surface area (Å²) in [5, 5.41) is 17.7. The lowest BCUT2D eigenvalue weighted by atomic mass is 10.3. The normalized spacial score (nSPS) is 8.72. The molecule has 94 valence electrons. The summed E-state index contributed by atoms with van der Waals surface area (Å²) in [7, 11) is 0. The van der Waals surface area contributed by atoms with Gasteiger partial charge in [0.2, 0.25) is 0 Å². The van der Waals surface area contributed by atoms with Crippen LogP contribution in [0.15, 0.2) is 43.0 Å². The van der Waals surface area contributed by atoms with Gasteiger partial charge < -0.3 is 10.1 Å². The van der Waals surface area contributed by atoms with Crippen molar-refractivity contribution in [1.29, 1.82) is 0 Å². The van der Waals surface area contributed by atoms with Crippen LogP contribution in [-0.4, -0.2) is 36.5 Å². The minimum atomic E-state index is -0.833. The molecule has 3 N–H and O–H groups in total. The molecular weight excluding hydrogens is 234 g/mol. The zero-order valence-electron chi connectivity index (χ0n) is 9.74. The van der Waals surface area contributed by atoms with E-state index in [1.807, 2.05) is 24.3 Å². The number of nitrogens with zero attached hydrogens (tertiary/aromatic N) is 3. The number of hydrogen-bond acceptors (Lipinski definition) is 4. The van der Waals surface area contributed by atoms with Crippen LogP contribution in [0.2, 0.25) is 0 Å². The summed E-state index contributed by atoms with van der Waals surface area (Å²) in [6.45, 7) is 1.08. The van der Waals surface area contributed by atoms with Crippen LogP contribution in [-0.2, 0) is 4.79 Å². The summed E-state index contributed by atoms with van der Waals surface area (Å²) >= 11 is 0. The largest absolute Gasteiger partial charge is 0.481 e. The Morgan fingerprint density at radius 2 is 1.78 bits per heavy atom. The van der Waals surface area contributed by atoms with Gasteiger partial charge in [0.25, 0.3) is 5.97 Å². The fourth-order valence-electron chi connectivity index (χ4n) is 1.00. The summed E-state index contributed by atoms with van der Waals surface area (Å²) in [4.78, 5) is 15.4. The number of rotatable bonds is 0. The second-order valence-electron chi connectivity index (χ2n) is 3.09. The Bertz CT molecular complexity index is 510. The van der Waals surface area contributed by atoms with E-state index in [9.17, 15) is 0 Å². The molecule has 3 rings (SSSR count). The van der Waals surface area contributed by atoms with Gasteiger partial charge in [-0.1, -0.05) is 12.1 Å². The van der Waals surface area contributed by atoms with E-state index < -0.39 is 5.97 Å². The van der Waals surface area contributed by atoms with Crippen molar-refractivity contribution in [2.45, 2.75) is 6.92 Å². The minimum absolute atomic E-state index is 0.833. The summed E-state index contributed by atoms with van der Waals surface area (Å²) in [6.07, 6.45) is 5.08. The van der Waals surface area contributed by atoms with E-state index in [2.05, 4.69) is 25.4 Å². The molecule has 0 saturated heterocycles. The maximum absolute atomic E-state index is 9.00. The third-order valence-corrected chi connectivity index (χ3v) is 1.63. The molecule has 7 nitrogen and oxygen atoms in total. The first kappa shape index (κ1) is 13.4. The van der Waals surface area contributed by atoms with E-state index in [0.29, 0.717) is 0 Å². The highest BCUT2D eigenvalue weighted by atomic mass is 16.4. The molecule has 1 aromatic carbocycles. The predicted molar refractivity (Wildman–Crippen MR) is 65.8 cm³/mol. The van der Waals surface area contributed by atoms with Gasteiger partial charge in [-0.15, -0.1) is 0 Å². The van der Waals surface area contributed by atoms with Crippen molar-refractivity contribution in [2.24, 2.45) is 0 Å². The third-order valence-electron chi connectivity index (χ3n) is 1.63. The van der Waals surface area contributed by atoms with Crippen LogP contribution in [0.5, 0.6) is 0 Å². The highest BCUT2D eigenvalue weighted by Gasteiger charge is 1.90. The Morgan fingerprint density at radius 1 is 1.22 bits per heavy atom. The number of para-hydroxylation sites is 2. The van der Waals surface area contributed by atoms with Gasteiger partial charge in [0, 0.05) is 19.3 Å². The van der Waals surface area contributed by atoms with Gasteiger partial charge in [-0.25, -0.2) is 4.98 Å². The first-order chi connectivity index (χ1) is 8.70. The van der Waals surface area contributed by atoms with Crippen molar-refractivity contribution in [3.8, 4) is 0 Å². The zero-order chi connectivity index (χ0) is 13.2. The maximum atomic E-state index is 9.00. The van der Waals surface area contributed by atoms with Crippen LogP contribution >= 0.6 is 0 Å². The molecule has 0 amide bonds. The average molecular weight is 247 g/mol. The van der Waals surface area contributed by atoms with Gasteiger partial charge >= 0.3 is 0 Å². The highest BCUT2D eigenvalue weighted by molar-refractivity contribution is 5.72. The molecular formula is C11H13N5O2. The van der Waals surface area contributed by atoms with Crippen molar-refractivity contribution in [2.75, 3.05) is 0 Å². The number of aliphatic carboxylic acids is 1. The predicted octanol–water partition coefficient (Wildman–Crippen LogP) is 1.46. The van der Waals surface area contributed by atoms with Crippen molar-refractivity contribution in [3.63, 3.8) is 0 Å². The smallest absolute Gasteiger partial charge is 0.300 e. The Hall–Kier alpha value is -2.70. The molecule has 2 aromatic heterocycles. The van der Waals surface area contributed by atoms with Crippen LogP contribution in [0.3, 0.4) is 0 Å². The van der Waals surface area contributed by atoms with Crippen LogP contribution in [0, 0.1) is 0 Å². The number of fused-ring (bicyclic) bond motifs is 1. The number of aromatic nitrogens is 5. The second-order valence-corrected chi connectivity index (χ2v) is 3.09. The van der Waals surface area contributed by atoms with Crippen LogP contribution < -0.4 is 0 Å². The monoisotopic (exact) mass is 247 g/mol. The molecule has 2 heterocycles. The number of carboxylic acid groups (broad SMARTS) is 1. The first-order valence-electron chi connectivity index (χ1n) is 5.08. The number of H-pyrrole nitrogens is 2. The topological polar surface area (TPSA) is 108 Å². The van der Waals surface area contributed by atoms with Crippen molar-refractivity contribution in [3.05, 3.63) is 43.0 Å². The Morgan fingerprint density at radius 3 is 2.11 bits per heavy atom. The van der Waals surface area contributed by atoms with Gasteiger partial charge in [-0.05, 0) is 12.1 Å². The zero-order valence-corrected chi connectivity index (χ0v) is 9.74. The fraction of sp³-hybridized carbons (Fsp3) is 0.0909. The molecule has 0 spiro atoms. The quantitative estimate of drug-likeness (QED) is 0.557. The van der Waals surface area contributed by atoms with Crippen molar-refractivity contribution < 1.29 is 9.90 Å². The molecule has 3 aromatic rings. The lowest BCUT2D eigenvalue weighted by molar-refractivity contribution is -0.134. The minimum Gasteiger partial charge on any atom is -0.481 e. The van der Waals surface area contributed by atoms with Gasteiger partial charge in [-0.2, -0.15) is 15.4 Å². The summed E-state index contributed by atoms with van der Waals surface area (Å²) in [6, 6.07) is 7.70. The first-order valence-corrected chi connectivity index (χ1v) is 5.08. The molecule has 0 aliphatic heterocycles. The lowest BCUT2D eigenvalue weighted by Crippen LogP contribution is -1.78. The van der Waals surface area contributed by atoms with E-state index in [1.54, 1.807) is 18.7 Å². The molecule has 7 heteroatoms. The molecule has 0 saturated carbocycles. The van der Waals surface area contributed by atoms with Gasteiger partial charge in [0.15, 0.2) is 0 Å². The number of nitrogens with one attached hydrogen (secondary N) is 2. The Balaban J connectivity index is 0.000000154. The number of hydrogen-bond donors (Lipinski definition) is 3. The maximum Gasteiger partial charge on any atom is 0.300 e. The van der Waals surface area contributed by atoms with E-state index in [-0.39, 0.29) is 0 Å². The summed E-state index contributed by atoms with van der Waals surface area (Å²) < 4.78 is 0. The van der Waals surface area contributed by atoms with E-state index >= 15 is 0 Å². The third kappa shape index (κ3) is 5.40. The number of benzene rings is 1. The van der Waals surface area contributed by atoms with E-state index in [0.717, 1.165) is 18.0 Å². The van der Waals surface area contributed by atoms with E-state index in [4.69, 9.17) is 9.90 Å². The molecule has 0 aliphatic carbocycles. The number of carboxylic acids is 1. The highest BCUT2D eigenvalue weighted by Crippen LogP contribution is 2.03. The second kappa shape index (κ2) is 7.55. The van der Waals surface area contributed by atoms with E-state index in [1.165, 1.54) is 0 Å². The van der Waals surface area contributed by atoms with Crippen LogP contribution in [0.4, 0.5) is 0 Å². The summed E-state index contributed by atoms with van der Waals surface area (Å²) in [5.74, 6) is -0.833. The Kier molecular flexibility index (Phi) is 5.61. The fourth-order valence-corrected chi connectivity index (χ4v) is 1.00. The van der Waals surface area contributed by atoms with Gasteiger partial charge in [0.05, 0.1) is 6.33 Å². The molecule has 0 aliphatic rings. The summed E-state index contributed by atoms with van der Waals surface area (Å²) in [5.41, 5.74) is 1.83. The number of carbonyl (C=O) groups is 1. The van der Waals surface area contributed by atoms with Gasteiger partial charge in [0.1, 0.15) is 11.0 Å². The van der Waals surface area contributed by atoms with Crippen LogP contribution in [0.1, 0.15) is 6.92 Å². The Labute approximate surface area is 103 Å². The molecule has 18 heavy (non-hydrogen) atoms.